The molecule has 0 saturated carbocycles. The van der Waals surface area contributed by atoms with E-state index in [9.17, 15) is 9.18 Å². The third-order valence-electron chi connectivity index (χ3n) is 3.88. The number of aromatic nitrogens is 2. The molecule has 1 aromatic carbocycles. The van der Waals surface area contributed by atoms with Crippen LogP contribution in [0, 0.1) is 12.7 Å². The molecule has 3 N–H and O–H groups in total. The summed E-state index contributed by atoms with van der Waals surface area (Å²) in [5, 5.41) is 4.19. The lowest BCUT2D eigenvalue weighted by Crippen LogP contribution is -2.21. The fourth-order valence-corrected chi connectivity index (χ4v) is 2.62. The first kappa shape index (κ1) is 19.6. The fourth-order valence-electron chi connectivity index (χ4n) is 2.62. The van der Waals surface area contributed by atoms with Gasteiger partial charge in [0.25, 0.3) is 5.56 Å². The van der Waals surface area contributed by atoms with Gasteiger partial charge in [0.05, 0.1) is 23.0 Å². The van der Waals surface area contributed by atoms with Gasteiger partial charge in [-0.25, -0.2) is 4.39 Å². The molecule has 0 aliphatic rings. The number of fused-ring (bicyclic) bond motifs is 1. The minimum atomic E-state index is -0.369. The third-order valence-corrected chi connectivity index (χ3v) is 3.88. The Morgan fingerprint density at radius 3 is 2.65 bits per heavy atom. The second-order valence-corrected chi connectivity index (χ2v) is 5.72. The first-order valence-corrected chi connectivity index (χ1v) is 8.80. The standard InChI is InChI=1S/C18H19FN4O.C2H6/c1-12-3-4-15(14(19)9-12)22-16-11-21-10-13-5-8-23(7-2-6-20)18(24)17(13)16;1-2/h3-5,8-11,22H,2,6-7,20H2,1H3;1-2H3. The second kappa shape index (κ2) is 9.10. The van der Waals surface area contributed by atoms with E-state index < -0.39 is 0 Å². The molecule has 2 heterocycles. The van der Waals surface area contributed by atoms with Crippen LogP contribution in [-0.4, -0.2) is 16.1 Å². The van der Waals surface area contributed by atoms with Crippen molar-refractivity contribution < 1.29 is 4.39 Å². The van der Waals surface area contributed by atoms with Crippen molar-refractivity contribution in [1.29, 1.82) is 0 Å². The Hall–Kier alpha value is -2.73. The van der Waals surface area contributed by atoms with Gasteiger partial charge in [-0.15, -0.1) is 0 Å². The number of hydrogen-bond acceptors (Lipinski definition) is 4. The molecule has 0 fully saturated rings. The van der Waals surface area contributed by atoms with Crippen LogP contribution in [0.15, 0.2) is 47.7 Å². The van der Waals surface area contributed by atoms with Crippen LogP contribution in [0.5, 0.6) is 0 Å². The highest BCUT2D eigenvalue weighted by Gasteiger charge is 2.10. The van der Waals surface area contributed by atoms with Crippen molar-refractivity contribution in [3.05, 3.63) is 64.6 Å². The van der Waals surface area contributed by atoms with Gasteiger partial charge in [-0.2, -0.15) is 0 Å². The number of rotatable bonds is 5. The Bertz CT molecular complexity index is 937. The van der Waals surface area contributed by atoms with Crippen molar-refractivity contribution in [3.63, 3.8) is 0 Å². The Kier molecular flexibility index (Phi) is 6.86. The van der Waals surface area contributed by atoms with E-state index in [-0.39, 0.29) is 11.4 Å². The van der Waals surface area contributed by atoms with Crippen molar-refractivity contribution in [2.45, 2.75) is 33.7 Å². The molecule has 26 heavy (non-hydrogen) atoms. The molecule has 3 rings (SSSR count). The number of anilines is 2. The van der Waals surface area contributed by atoms with E-state index in [4.69, 9.17) is 5.73 Å². The van der Waals surface area contributed by atoms with Gasteiger partial charge in [0.2, 0.25) is 0 Å². The van der Waals surface area contributed by atoms with Gasteiger partial charge in [0, 0.05) is 24.3 Å². The molecular formula is C20H25FN4O. The van der Waals surface area contributed by atoms with Crippen molar-refractivity contribution in [3.8, 4) is 0 Å². The van der Waals surface area contributed by atoms with Gasteiger partial charge in [-0.3, -0.25) is 9.78 Å². The highest BCUT2D eigenvalue weighted by atomic mass is 19.1. The average molecular weight is 356 g/mol. The van der Waals surface area contributed by atoms with Crippen molar-refractivity contribution in [1.82, 2.24) is 9.55 Å². The van der Waals surface area contributed by atoms with E-state index in [0.29, 0.717) is 41.7 Å². The minimum absolute atomic E-state index is 0.140. The average Bonchev–Trinajstić information content (AvgIpc) is 2.65. The van der Waals surface area contributed by atoms with Crippen LogP contribution in [0.1, 0.15) is 25.8 Å². The summed E-state index contributed by atoms with van der Waals surface area (Å²) in [5.74, 6) is -0.369. The summed E-state index contributed by atoms with van der Waals surface area (Å²) in [4.78, 5) is 16.9. The van der Waals surface area contributed by atoms with Crippen LogP contribution in [0.4, 0.5) is 15.8 Å². The molecule has 5 nitrogen and oxygen atoms in total. The van der Waals surface area contributed by atoms with Crippen molar-refractivity contribution in [2.24, 2.45) is 5.73 Å². The third kappa shape index (κ3) is 4.26. The normalized spacial score (nSPS) is 10.3. The zero-order valence-corrected chi connectivity index (χ0v) is 15.4. The summed E-state index contributed by atoms with van der Waals surface area (Å²) >= 11 is 0. The summed E-state index contributed by atoms with van der Waals surface area (Å²) in [7, 11) is 0. The molecule has 0 aliphatic heterocycles. The summed E-state index contributed by atoms with van der Waals surface area (Å²) in [6, 6.07) is 6.74. The maximum absolute atomic E-state index is 14.1. The summed E-state index contributed by atoms with van der Waals surface area (Å²) in [6.45, 7) is 6.88. The monoisotopic (exact) mass is 356 g/mol. The van der Waals surface area contributed by atoms with Crippen LogP contribution < -0.4 is 16.6 Å². The number of hydrogen-bond donors (Lipinski definition) is 2. The van der Waals surface area contributed by atoms with Crippen LogP contribution in [-0.2, 0) is 6.54 Å². The predicted octanol–water partition coefficient (Wildman–Crippen LogP) is 3.96. The van der Waals surface area contributed by atoms with Gasteiger partial charge < -0.3 is 15.6 Å². The summed E-state index contributed by atoms with van der Waals surface area (Å²) < 4.78 is 15.7. The quantitative estimate of drug-likeness (QED) is 0.726. The molecule has 138 valence electrons. The Labute approximate surface area is 152 Å². The van der Waals surface area contributed by atoms with Crippen LogP contribution in [0.2, 0.25) is 0 Å². The van der Waals surface area contributed by atoms with E-state index in [1.54, 1.807) is 23.0 Å². The second-order valence-electron chi connectivity index (χ2n) is 5.72. The van der Waals surface area contributed by atoms with E-state index in [2.05, 4.69) is 10.3 Å². The van der Waals surface area contributed by atoms with Crippen LogP contribution >= 0.6 is 0 Å². The highest BCUT2D eigenvalue weighted by Crippen LogP contribution is 2.25. The lowest BCUT2D eigenvalue weighted by molar-refractivity contribution is 0.630. The predicted molar refractivity (Wildman–Crippen MR) is 105 cm³/mol. The van der Waals surface area contributed by atoms with Gasteiger partial charge >= 0.3 is 0 Å². The fraction of sp³-hybridized carbons (Fsp3) is 0.300. The molecular weight excluding hydrogens is 331 g/mol. The molecule has 0 atom stereocenters. The molecule has 0 bridgehead atoms. The largest absolute Gasteiger partial charge is 0.351 e. The number of nitrogens with two attached hydrogens (primary N) is 1. The molecule has 6 heteroatoms. The molecule has 0 amide bonds. The smallest absolute Gasteiger partial charge is 0.260 e. The van der Waals surface area contributed by atoms with Gasteiger partial charge in [-0.05, 0) is 43.7 Å². The highest BCUT2D eigenvalue weighted by molar-refractivity contribution is 5.93. The number of benzene rings is 1. The number of halogens is 1. The lowest BCUT2D eigenvalue weighted by atomic mass is 10.1. The first-order chi connectivity index (χ1) is 12.6. The van der Waals surface area contributed by atoms with Gasteiger partial charge in [0.1, 0.15) is 5.82 Å². The first-order valence-electron chi connectivity index (χ1n) is 8.80. The molecule has 0 radical (unpaired) electrons. The number of nitrogens with one attached hydrogen (secondary N) is 1. The van der Waals surface area contributed by atoms with Crippen molar-refractivity contribution >= 4 is 22.1 Å². The molecule has 0 unspecified atom stereocenters. The number of aryl methyl sites for hydroxylation is 2. The Morgan fingerprint density at radius 1 is 1.19 bits per heavy atom. The van der Waals surface area contributed by atoms with E-state index in [1.165, 1.54) is 12.3 Å². The summed E-state index contributed by atoms with van der Waals surface area (Å²) in [6.07, 6.45) is 5.61. The molecule has 3 aromatic rings. The molecule has 2 aromatic heterocycles. The topological polar surface area (TPSA) is 72.9 Å². The zero-order chi connectivity index (χ0) is 19.1. The van der Waals surface area contributed by atoms with Gasteiger partial charge in [-0.1, -0.05) is 19.9 Å². The van der Waals surface area contributed by atoms with Gasteiger partial charge in [0.15, 0.2) is 0 Å². The van der Waals surface area contributed by atoms with E-state index >= 15 is 0 Å². The summed E-state index contributed by atoms with van der Waals surface area (Å²) in [5.41, 5.74) is 7.01. The van der Waals surface area contributed by atoms with E-state index in [1.807, 2.05) is 32.9 Å². The minimum Gasteiger partial charge on any atom is -0.351 e. The maximum Gasteiger partial charge on any atom is 0.260 e. The maximum atomic E-state index is 14.1. The Morgan fingerprint density at radius 2 is 1.96 bits per heavy atom. The SMILES string of the molecule is CC.Cc1ccc(Nc2cncc3ccn(CCCN)c(=O)c23)c(F)c1. The number of nitrogens with zero attached hydrogens (tertiary/aromatic N) is 2. The molecule has 0 saturated heterocycles. The molecule has 0 spiro atoms. The zero-order valence-electron chi connectivity index (χ0n) is 15.4. The van der Waals surface area contributed by atoms with Crippen LogP contribution in [0.3, 0.4) is 0 Å². The Balaban J connectivity index is 0.00000117. The number of pyridine rings is 2. The lowest BCUT2D eigenvalue weighted by Gasteiger charge is -2.12. The van der Waals surface area contributed by atoms with E-state index in [0.717, 1.165) is 5.56 Å². The molecule has 0 aliphatic carbocycles. The van der Waals surface area contributed by atoms with Crippen molar-refractivity contribution in [2.75, 3.05) is 11.9 Å². The van der Waals surface area contributed by atoms with Crippen LogP contribution in [0.25, 0.3) is 10.8 Å².